The van der Waals surface area contributed by atoms with E-state index in [2.05, 4.69) is 10.3 Å². The molecule has 36 heavy (non-hydrogen) atoms. The highest BCUT2D eigenvalue weighted by Gasteiger charge is 2.50. The Morgan fingerprint density at radius 3 is 2.36 bits per heavy atom. The van der Waals surface area contributed by atoms with Crippen LogP contribution in [-0.4, -0.2) is 69.5 Å². The molecule has 192 valence electrons. The van der Waals surface area contributed by atoms with Crippen LogP contribution in [0.2, 0.25) is 0 Å². The average Bonchev–Trinajstić information content (AvgIpc) is 3.26. The lowest BCUT2D eigenvalue weighted by molar-refractivity contribution is -0.142. The fraction of sp³-hybridized carbons (Fsp3) is 0.464. The van der Waals surface area contributed by atoms with Gasteiger partial charge in [0.25, 0.3) is 11.8 Å². The molecule has 2 aromatic rings. The quantitative estimate of drug-likeness (QED) is 0.667. The second kappa shape index (κ2) is 12.4. The van der Waals surface area contributed by atoms with Crippen LogP contribution in [0.4, 0.5) is 0 Å². The number of ketones is 1. The molecule has 3 atom stereocenters. The molecule has 1 aromatic carbocycles. The van der Waals surface area contributed by atoms with Crippen LogP contribution < -0.4 is 5.32 Å². The highest BCUT2D eigenvalue weighted by Crippen LogP contribution is 2.31. The standard InChI is InChI=1S/C26H30N4O4.C2H6/c1-17(2)15-20(28-24(32)18-9-4-3-5-10-18)26(34)29-14-8-12-21-23(29)22(31)16-30(21)25(33)19-11-6-7-13-27-19;1-2/h3-7,9-11,13,17,20-21,23H,8,12,14-16H2,1-2H3,(H,28,32);1-2H3/t20-,21?,23?;/m0./s1. The van der Waals surface area contributed by atoms with Gasteiger partial charge in [0.15, 0.2) is 5.78 Å². The first-order valence-corrected chi connectivity index (χ1v) is 12.8. The molecule has 1 N–H and O–H groups in total. The number of hydrogen-bond donors (Lipinski definition) is 1. The summed E-state index contributed by atoms with van der Waals surface area (Å²) in [6, 6.07) is 12.0. The molecule has 0 saturated carbocycles. The summed E-state index contributed by atoms with van der Waals surface area (Å²) >= 11 is 0. The molecule has 0 spiro atoms. The van der Waals surface area contributed by atoms with E-state index in [0.29, 0.717) is 31.4 Å². The zero-order valence-electron chi connectivity index (χ0n) is 21.5. The smallest absolute Gasteiger partial charge is 0.273 e. The number of fused-ring (bicyclic) bond motifs is 1. The summed E-state index contributed by atoms with van der Waals surface area (Å²) in [7, 11) is 0. The Kier molecular flexibility index (Phi) is 9.33. The van der Waals surface area contributed by atoms with E-state index >= 15 is 0 Å². The highest BCUT2D eigenvalue weighted by atomic mass is 16.2. The van der Waals surface area contributed by atoms with Gasteiger partial charge in [-0.05, 0) is 49.4 Å². The highest BCUT2D eigenvalue weighted by molar-refractivity contribution is 6.02. The fourth-order valence-corrected chi connectivity index (χ4v) is 4.90. The van der Waals surface area contributed by atoms with Gasteiger partial charge < -0.3 is 15.1 Å². The molecule has 1 aromatic heterocycles. The summed E-state index contributed by atoms with van der Waals surface area (Å²) in [5, 5.41) is 2.88. The molecule has 2 fully saturated rings. The summed E-state index contributed by atoms with van der Waals surface area (Å²) in [6.07, 6.45) is 3.32. The number of rotatable bonds is 6. The SMILES string of the molecule is CC.CC(C)C[C@H](NC(=O)c1ccccc1)C(=O)N1CCCC2C1C(=O)CN2C(=O)c1ccccn1. The van der Waals surface area contributed by atoms with Gasteiger partial charge >= 0.3 is 0 Å². The number of amides is 3. The molecule has 2 aliphatic heterocycles. The number of nitrogens with zero attached hydrogens (tertiary/aromatic N) is 3. The van der Waals surface area contributed by atoms with Crippen LogP contribution in [0.1, 0.15) is 67.8 Å². The first kappa shape index (κ1) is 27.0. The van der Waals surface area contributed by atoms with Gasteiger partial charge in [-0.1, -0.05) is 52.0 Å². The van der Waals surface area contributed by atoms with Crippen molar-refractivity contribution in [2.45, 2.75) is 65.1 Å². The van der Waals surface area contributed by atoms with Crippen molar-refractivity contribution in [3.05, 3.63) is 66.0 Å². The van der Waals surface area contributed by atoms with Crippen molar-refractivity contribution in [2.75, 3.05) is 13.1 Å². The summed E-state index contributed by atoms with van der Waals surface area (Å²) in [6.45, 7) is 8.36. The maximum absolute atomic E-state index is 13.7. The third kappa shape index (κ3) is 5.98. The van der Waals surface area contributed by atoms with Crippen molar-refractivity contribution in [1.29, 1.82) is 0 Å². The molecule has 0 aliphatic carbocycles. The van der Waals surface area contributed by atoms with Gasteiger partial charge in [-0.2, -0.15) is 0 Å². The maximum Gasteiger partial charge on any atom is 0.273 e. The van der Waals surface area contributed by atoms with Crippen molar-refractivity contribution in [2.24, 2.45) is 5.92 Å². The lowest BCUT2D eigenvalue weighted by Gasteiger charge is -2.40. The van der Waals surface area contributed by atoms with E-state index in [1.54, 1.807) is 58.5 Å². The van der Waals surface area contributed by atoms with Crippen molar-refractivity contribution >= 4 is 23.5 Å². The third-order valence-corrected chi connectivity index (χ3v) is 6.43. The van der Waals surface area contributed by atoms with E-state index in [1.807, 2.05) is 33.8 Å². The van der Waals surface area contributed by atoms with Crippen LogP contribution in [0.25, 0.3) is 0 Å². The number of carbonyl (C=O) groups is 4. The van der Waals surface area contributed by atoms with E-state index in [9.17, 15) is 19.2 Å². The zero-order valence-corrected chi connectivity index (χ0v) is 21.5. The average molecular weight is 493 g/mol. The number of benzene rings is 1. The molecule has 8 nitrogen and oxygen atoms in total. The van der Waals surface area contributed by atoms with E-state index in [0.717, 1.165) is 0 Å². The number of carbonyl (C=O) groups excluding carboxylic acids is 4. The Hall–Kier alpha value is -3.55. The van der Waals surface area contributed by atoms with Crippen LogP contribution in [0.5, 0.6) is 0 Å². The first-order chi connectivity index (χ1) is 17.4. The number of nitrogens with one attached hydrogen (secondary N) is 1. The molecule has 2 aliphatic rings. The van der Waals surface area contributed by atoms with Crippen LogP contribution in [-0.2, 0) is 9.59 Å². The number of likely N-dealkylation sites (tertiary alicyclic amines) is 2. The lowest BCUT2D eigenvalue weighted by Crippen LogP contribution is -2.59. The fourth-order valence-electron chi connectivity index (χ4n) is 4.90. The number of hydrogen-bond acceptors (Lipinski definition) is 5. The topological polar surface area (TPSA) is 99.7 Å². The number of Topliss-reactive ketones (excluding diaryl/α,β-unsaturated/α-hetero) is 1. The van der Waals surface area contributed by atoms with E-state index in [-0.39, 0.29) is 47.7 Å². The minimum atomic E-state index is -0.750. The molecule has 3 amide bonds. The van der Waals surface area contributed by atoms with Crippen LogP contribution in [0.3, 0.4) is 0 Å². The molecule has 2 saturated heterocycles. The molecule has 4 rings (SSSR count). The van der Waals surface area contributed by atoms with Crippen LogP contribution in [0, 0.1) is 5.92 Å². The minimum Gasteiger partial charge on any atom is -0.340 e. The third-order valence-electron chi connectivity index (χ3n) is 6.43. The van der Waals surface area contributed by atoms with Gasteiger partial charge in [-0.15, -0.1) is 0 Å². The summed E-state index contributed by atoms with van der Waals surface area (Å²) in [4.78, 5) is 59.9. The lowest BCUT2D eigenvalue weighted by atomic mass is 9.93. The number of piperidine rings is 1. The van der Waals surface area contributed by atoms with Gasteiger partial charge in [0.05, 0.1) is 12.6 Å². The summed E-state index contributed by atoms with van der Waals surface area (Å²) in [5.41, 5.74) is 0.761. The molecular formula is C28H36N4O4. The Balaban J connectivity index is 0.00000176. The number of pyridine rings is 1. The largest absolute Gasteiger partial charge is 0.340 e. The number of aromatic nitrogens is 1. The van der Waals surface area contributed by atoms with Gasteiger partial charge in [-0.25, -0.2) is 0 Å². The summed E-state index contributed by atoms with van der Waals surface area (Å²) < 4.78 is 0. The predicted octanol–water partition coefficient (Wildman–Crippen LogP) is 3.34. The van der Waals surface area contributed by atoms with Crippen molar-refractivity contribution < 1.29 is 19.2 Å². The van der Waals surface area contributed by atoms with E-state index in [1.165, 1.54) is 0 Å². The molecule has 0 bridgehead atoms. The van der Waals surface area contributed by atoms with Gasteiger partial charge in [-0.3, -0.25) is 24.2 Å². The van der Waals surface area contributed by atoms with Gasteiger partial charge in [0.2, 0.25) is 5.91 Å². The molecule has 3 heterocycles. The van der Waals surface area contributed by atoms with Crippen molar-refractivity contribution in [3.8, 4) is 0 Å². The normalized spacial score (nSPS) is 19.8. The molecule has 0 radical (unpaired) electrons. The van der Waals surface area contributed by atoms with Crippen LogP contribution in [0.15, 0.2) is 54.7 Å². The maximum atomic E-state index is 13.7. The van der Waals surface area contributed by atoms with Gasteiger partial charge in [0, 0.05) is 18.3 Å². The second-order valence-corrected chi connectivity index (χ2v) is 9.32. The molecule has 2 unspecified atom stereocenters. The minimum absolute atomic E-state index is 0.0419. The Morgan fingerprint density at radius 1 is 1.03 bits per heavy atom. The molecule has 8 heteroatoms. The molecular weight excluding hydrogens is 456 g/mol. The first-order valence-electron chi connectivity index (χ1n) is 12.8. The van der Waals surface area contributed by atoms with Crippen molar-refractivity contribution in [3.63, 3.8) is 0 Å². The Labute approximate surface area is 213 Å². The Morgan fingerprint density at radius 2 is 1.72 bits per heavy atom. The van der Waals surface area contributed by atoms with Gasteiger partial charge in [0.1, 0.15) is 17.8 Å². The Bertz CT molecular complexity index is 1060. The predicted molar refractivity (Wildman–Crippen MR) is 137 cm³/mol. The van der Waals surface area contributed by atoms with E-state index in [4.69, 9.17) is 0 Å². The monoisotopic (exact) mass is 492 g/mol. The van der Waals surface area contributed by atoms with Crippen molar-refractivity contribution in [1.82, 2.24) is 20.1 Å². The van der Waals surface area contributed by atoms with Crippen LogP contribution >= 0.6 is 0 Å². The second-order valence-electron chi connectivity index (χ2n) is 9.32. The summed E-state index contributed by atoms with van der Waals surface area (Å²) in [5.74, 6) is -0.884. The van der Waals surface area contributed by atoms with E-state index < -0.39 is 12.1 Å². The zero-order chi connectivity index (χ0) is 26.2.